The van der Waals surface area contributed by atoms with E-state index in [4.69, 9.17) is 4.74 Å². The van der Waals surface area contributed by atoms with Gasteiger partial charge >= 0.3 is 0 Å². The Morgan fingerprint density at radius 2 is 1.80 bits per heavy atom. The molecule has 0 saturated carbocycles. The highest BCUT2D eigenvalue weighted by molar-refractivity contribution is 14.0. The fourth-order valence-corrected chi connectivity index (χ4v) is 3.49. The molecule has 0 spiro atoms. The Morgan fingerprint density at radius 1 is 1.13 bits per heavy atom. The number of benzene rings is 2. The summed E-state index contributed by atoms with van der Waals surface area (Å²) in [7, 11) is 1.78. The zero-order chi connectivity index (χ0) is 20.5. The number of guanidine groups is 1. The van der Waals surface area contributed by atoms with Crippen LogP contribution < -0.4 is 15.4 Å². The minimum Gasteiger partial charge on any atom is -0.489 e. The van der Waals surface area contributed by atoms with Crippen LogP contribution in [-0.4, -0.2) is 49.7 Å². The monoisotopic (exact) mass is 526 g/mol. The normalized spacial score (nSPS) is 16.4. The SMILES string of the molecule is CN=C(NCC(C)Oc1ccc(F)cc1)NC1CCN(Cc2ccccc2)CC1.I. The van der Waals surface area contributed by atoms with Crippen LogP contribution in [0.15, 0.2) is 59.6 Å². The summed E-state index contributed by atoms with van der Waals surface area (Å²) >= 11 is 0. The molecule has 5 nitrogen and oxygen atoms in total. The summed E-state index contributed by atoms with van der Waals surface area (Å²) in [5.74, 6) is 1.19. The molecule has 0 aliphatic carbocycles. The lowest BCUT2D eigenvalue weighted by Crippen LogP contribution is -2.49. The Labute approximate surface area is 196 Å². The molecular weight excluding hydrogens is 494 g/mol. The van der Waals surface area contributed by atoms with Gasteiger partial charge in [-0.15, -0.1) is 24.0 Å². The van der Waals surface area contributed by atoms with E-state index in [1.807, 2.05) is 6.92 Å². The largest absolute Gasteiger partial charge is 0.489 e. The molecule has 30 heavy (non-hydrogen) atoms. The molecule has 164 valence electrons. The molecule has 1 unspecified atom stereocenters. The van der Waals surface area contributed by atoms with Gasteiger partial charge in [0.2, 0.25) is 0 Å². The Hall–Kier alpha value is -1.87. The number of hydrogen-bond acceptors (Lipinski definition) is 3. The van der Waals surface area contributed by atoms with Crippen LogP contribution in [-0.2, 0) is 6.54 Å². The van der Waals surface area contributed by atoms with Crippen molar-refractivity contribution in [3.8, 4) is 5.75 Å². The molecule has 2 N–H and O–H groups in total. The number of nitrogens with zero attached hydrogens (tertiary/aromatic N) is 2. The lowest BCUT2D eigenvalue weighted by atomic mass is 10.0. The molecule has 1 aliphatic heterocycles. The number of rotatable bonds is 7. The predicted molar refractivity (Wildman–Crippen MR) is 131 cm³/mol. The lowest BCUT2D eigenvalue weighted by molar-refractivity contribution is 0.197. The molecule has 0 radical (unpaired) electrons. The van der Waals surface area contributed by atoms with Crippen molar-refractivity contribution in [2.75, 3.05) is 26.7 Å². The molecule has 1 fully saturated rings. The predicted octanol–water partition coefficient (Wildman–Crippen LogP) is 4.04. The second-order valence-electron chi connectivity index (χ2n) is 7.52. The topological polar surface area (TPSA) is 48.9 Å². The molecule has 1 heterocycles. The van der Waals surface area contributed by atoms with Crippen LogP contribution in [0.3, 0.4) is 0 Å². The van der Waals surface area contributed by atoms with Gasteiger partial charge in [-0.1, -0.05) is 30.3 Å². The van der Waals surface area contributed by atoms with Crippen molar-refractivity contribution < 1.29 is 9.13 Å². The van der Waals surface area contributed by atoms with E-state index in [1.165, 1.54) is 17.7 Å². The van der Waals surface area contributed by atoms with E-state index in [9.17, 15) is 4.39 Å². The van der Waals surface area contributed by atoms with Gasteiger partial charge in [-0.2, -0.15) is 0 Å². The Bertz CT molecular complexity index is 765. The summed E-state index contributed by atoms with van der Waals surface area (Å²) in [5.41, 5.74) is 1.37. The Morgan fingerprint density at radius 3 is 2.43 bits per heavy atom. The fourth-order valence-electron chi connectivity index (χ4n) is 3.49. The third-order valence-electron chi connectivity index (χ3n) is 5.11. The van der Waals surface area contributed by atoms with Crippen LogP contribution >= 0.6 is 24.0 Å². The fraction of sp³-hybridized carbons (Fsp3) is 0.435. The van der Waals surface area contributed by atoms with Crippen LogP contribution in [0.1, 0.15) is 25.3 Å². The minimum absolute atomic E-state index is 0. The standard InChI is InChI=1S/C23H31FN4O.HI/c1-18(29-22-10-8-20(24)9-11-22)16-26-23(25-2)27-21-12-14-28(15-13-21)17-19-6-4-3-5-7-19;/h3-11,18,21H,12-17H2,1-2H3,(H2,25,26,27);1H. The number of halogens is 2. The smallest absolute Gasteiger partial charge is 0.191 e. The van der Waals surface area contributed by atoms with Crippen LogP contribution in [0.25, 0.3) is 0 Å². The van der Waals surface area contributed by atoms with Gasteiger partial charge in [0.05, 0.1) is 6.54 Å². The summed E-state index contributed by atoms with van der Waals surface area (Å²) in [6.45, 7) is 5.76. The highest BCUT2D eigenvalue weighted by Gasteiger charge is 2.20. The summed E-state index contributed by atoms with van der Waals surface area (Å²) in [6.07, 6.45) is 2.12. The first-order valence-electron chi connectivity index (χ1n) is 10.3. The molecule has 2 aromatic rings. The first-order chi connectivity index (χ1) is 14.1. The highest BCUT2D eigenvalue weighted by atomic mass is 127. The average Bonchev–Trinajstić information content (AvgIpc) is 2.75. The second-order valence-corrected chi connectivity index (χ2v) is 7.52. The van der Waals surface area contributed by atoms with Crippen molar-refractivity contribution in [3.63, 3.8) is 0 Å². The summed E-state index contributed by atoms with van der Waals surface area (Å²) in [6, 6.07) is 17.1. The van der Waals surface area contributed by atoms with Gasteiger partial charge in [0.15, 0.2) is 5.96 Å². The maximum Gasteiger partial charge on any atom is 0.191 e. The van der Waals surface area contributed by atoms with Gasteiger partial charge in [0.1, 0.15) is 17.7 Å². The lowest BCUT2D eigenvalue weighted by Gasteiger charge is -2.33. The number of likely N-dealkylation sites (tertiary alicyclic amines) is 1. The van der Waals surface area contributed by atoms with Crippen LogP contribution in [0.2, 0.25) is 0 Å². The molecule has 3 rings (SSSR count). The van der Waals surface area contributed by atoms with E-state index in [0.717, 1.165) is 38.4 Å². The first kappa shape index (κ1) is 24.4. The maximum atomic E-state index is 13.0. The van der Waals surface area contributed by atoms with Crippen LogP contribution in [0.5, 0.6) is 5.75 Å². The molecule has 0 aromatic heterocycles. The molecule has 1 aliphatic rings. The van der Waals surface area contributed by atoms with E-state index in [-0.39, 0.29) is 35.9 Å². The average molecular weight is 526 g/mol. The number of nitrogens with one attached hydrogen (secondary N) is 2. The molecule has 1 saturated heterocycles. The molecule has 7 heteroatoms. The Kier molecular flexibility index (Phi) is 10.4. The van der Waals surface area contributed by atoms with Crippen molar-refractivity contribution in [2.45, 2.75) is 38.5 Å². The minimum atomic E-state index is -0.262. The molecule has 1 atom stereocenters. The molecule has 0 amide bonds. The molecule has 2 aromatic carbocycles. The third kappa shape index (κ3) is 8.10. The van der Waals surface area contributed by atoms with Crippen molar-refractivity contribution in [1.82, 2.24) is 15.5 Å². The third-order valence-corrected chi connectivity index (χ3v) is 5.11. The summed E-state index contributed by atoms with van der Waals surface area (Å²) < 4.78 is 18.8. The van der Waals surface area contributed by atoms with Gasteiger partial charge in [-0.25, -0.2) is 4.39 Å². The van der Waals surface area contributed by atoms with Crippen molar-refractivity contribution in [3.05, 3.63) is 66.0 Å². The number of ether oxygens (including phenoxy) is 1. The van der Waals surface area contributed by atoms with Gasteiger partial charge in [0.25, 0.3) is 0 Å². The van der Waals surface area contributed by atoms with E-state index in [1.54, 1.807) is 19.2 Å². The van der Waals surface area contributed by atoms with Gasteiger partial charge in [-0.3, -0.25) is 9.89 Å². The van der Waals surface area contributed by atoms with E-state index < -0.39 is 0 Å². The number of piperidine rings is 1. The quantitative estimate of drug-likeness (QED) is 0.325. The van der Waals surface area contributed by atoms with Crippen molar-refractivity contribution in [1.29, 1.82) is 0 Å². The summed E-state index contributed by atoms with van der Waals surface area (Å²) in [4.78, 5) is 6.84. The Balaban J connectivity index is 0.00000320. The molecular formula is C23H32FIN4O. The molecule has 0 bridgehead atoms. The number of aliphatic imine (C=N–C) groups is 1. The summed E-state index contributed by atoms with van der Waals surface area (Å²) in [5, 5.41) is 6.85. The maximum absolute atomic E-state index is 13.0. The highest BCUT2D eigenvalue weighted by Crippen LogP contribution is 2.14. The van der Waals surface area contributed by atoms with Gasteiger partial charge in [-0.05, 0) is 49.6 Å². The van der Waals surface area contributed by atoms with Crippen molar-refractivity contribution in [2.24, 2.45) is 4.99 Å². The number of hydrogen-bond donors (Lipinski definition) is 2. The van der Waals surface area contributed by atoms with E-state index in [2.05, 4.69) is 50.9 Å². The zero-order valence-corrected chi connectivity index (χ0v) is 20.0. The van der Waals surface area contributed by atoms with E-state index in [0.29, 0.717) is 18.3 Å². The van der Waals surface area contributed by atoms with Crippen LogP contribution in [0, 0.1) is 5.82 Å². The van der Waals surface area contributed by atoms with Crippen molar-refractivity contribution >= 4 is 29.9 Å². The second kappa shape index (κ2) is 12.7. The zero-order valence-electron chi connectivity index (χ0n) is 17.7. The van der Waals surface area contributed by atoms with Gasteiger partial charge in [0, 0.05) is 32.7 Å². The van der Waals surface area contributed by atoms with Crippen LogP contribution in [0.4, 0.5) is 4.39 Å². The first-order valence-corrected chi connectivity index (χ1v) is 10.3. The van der Waals surface area contributed by atoms with E-state index >= 15 is 0 Å². The van der Waals surface area contributed by atoms with Gasteiger partial charge < -0.3 is 15.4 Å².